The maximum atomic E-state index is 13.4. The standard InChI is InChI=1S/C12H9BrF2N2O2/c1-17(6-7-2-3-9(13)19-7)12(18)8-4-5-16-11(15)10(8)14/h2-5H,6H2,1H3. The molecule has 0 saturated heterocycles. The fourth-order valence-electron chi connectivity index (χ4n) is 1.53. The number of hydrogen-bond donors (Lipinski definition) is 0. The SMILES string of the molecule is CN(Cc1ccc(Br)o1)C(=O)c1ccnc(F)c1F. The van der Waals surface area contributed by atoms with Crippen LogP contribution >= 0.6 is 15.9 Å². The Balaban J connectivity index is 2.17. The second-order valence-electron chi connectivity index (χ2n) is 3.83. The lowest BCUT2D eigenvalue weighted by Gasteiger charge is -2.16. The number of pyridine rings is 1. The number of carbonyl (C=O) groups is 1. The van der Waals surface area contributed by atoms with Gasteiger partial charge in [-0.25, -0.2) is 9.37 Å². The minimum absolute atomic E-state index is 0.147. The van der Waals surface area contributed by atoms with Gasteiger partial charge in [0.05, 0.1) is 12.1 Å². The van der Waals surface area contributed by atoms with Crippen molar-refractivity contribution >= 4 is 21.8 Å². The van der Waals surface area contributed by atoms with Gasteiger partial charge in [0.2, 0.25) is 5.95 Å². The van der Waals surface area contributed by atoms with Gasteiger partial charge in [0.25, 0.3) is 5.91 Å². The largest absolute Gasteiger partial charge is 0.452 e. The Bertz CT molecular complexity index is 616. The number of rotatable bonds is 3. The average Bonchev–Trinajstić information content (AvgIpc) is 2.77. The predicted octanol–water partition coefficient (Wildman–Crippen LogP) is 2.99. The number of nitrogens with zero attached hydrogens (tertiary/aromatic N) is 2. The summed E-state index contributed by atoms with van der Waals surface area (Å²) in [5.41, 5.74) is -0.361. The highest BCUT2D eigenvalue weighted by Crippen LogP contribution is 2.17. The summed E-state index contributed by atoms with van der Waals surface area (Å²) in [5, 5.41) is 0. The Labute approximate surface area is 116 Å². The number of carbonyl (C=O) groups excluding carboxylic acids is 1. The van der Waals surface area contributed by atoms with Crippen LogP contribution < -0.4 is 0 Å². The number of furan rings is 1. The zero-order chi connectivity index (χ0) is 14.0. The zero-order valence-electron chi connectivity index (χ0n) is 9.86. The highest BCUT2D eigenvalue weighted by molar-refractivity contribution is 9.10. The molecule has 0 radical (unpaired) electrons. The van der Waals surface area contributed by atoms with Gasteiger partial charge < -0.3 is 9.32 Å². The van der Waals surface area contributed by atoms with Gasteiger partial charge in [-0.1, -0.05) is 0 Å². The minimum atomic E-state index is -1.29. The second kappa shape index (κ2) is 5.48. The van der Waals surface area contributed by atoms with Gasteiger partial charge in [-0.3, -0.25) is 4.79 Å². The first kappa shape index (κ1) is 13.7. The molecule has 2 heterocycles. The first-order chi connectivity index (χ1) is 8.99. The molecule has 0 aliphatic carbocycles. The molecule has 0 aromatic carbocycles. The van der Waals surface area contributed by atoms with Crippen LogP contribution in [0.25, 0.3) is 0 Å². The summed E-state index contributed by atoms with van der Waals surface area (Å²) in [4.78, 5) is 16.3. The second-order valence-corrected chi connectivity index (χ2v) is 4.61. The molecule has 0 atom stereocenters. The Hall–Kier alpha value is -1.76. The quantitative estimate of drug-likeness (QED) is 0.813. The van der Waals surface area contributed by atoms with E-state index < -0.39 is 17.7 Å². The maximum absolute atomic E-state index is 13.4. The third-order valence-corrected chi connectivity index (χ3v) is 2.87. The Kier molecular flexibility index (Phi) is 3.94. The van der Waals surface area contributed by atoms with E-state index in [0.29, 0.717) is 10.4 Å². The Morgan fingerprint density at radius 2 is 2.16 bits per heavy atom. The highest BCUT2D eigenvalue weighted by atomic mass is 79.9. The highest BCUT2D eigenvalue weighted by Gasteiger charge is 2.20. The van der Waals surface area contributed by atoms with E-state index in [0.717, 1.165) is 12.3 Å². The Morgan fingerprint density at radius 3 is 2.79 bits per heavy atom. The van der Waals surface area contributed by atoms with Crippen LogP contribution in [0.4, 0.5) is 8.78 Å². The molecule has 2 aromatic rings. The first-order valence-electron chi connectivity index (χ1n) is 5.28. The molecule has 0 unspecified atom stereocenters. The molecule has 0 spiro atoms. The molecule has 2 rings (SSSR count). The van der Waals surface area contributed by atoms with Crippen molar-refractivity contribution in [2.45, 2.75) is 6.54 Å². The van der Waals surface area contributed by atoms with Crippen molar-refractivity contribution in [2.75, 3.05) is 7.05 Å². The van der Waals surface area contributed by atoms with Crippen LogP contribution in [0.2, 0.25) is 0 Å². The van der Waals surface area contributed by atoms with E-state index in [1.807, 2.05) is 0 Å². The van der Waals surface area contributed by atoms with Crippen LogP contribution in [-0.4, -0.2) is 22.8 Å². The molecule has 1 amide bonds. The van der Waals surface area contributed by atoms with E-state index in [1.54, 1.807) is 12.1 Å². The molecule has 0 aliphatic rings. The summed E-state index contributed by atoms with van der Waals surface area (Å²) in [7, 11) is 1.47. The lowest BCUT2D eigenvalue weighted by molar-refractivity contribution is 0.0768. The first-order valence-corrected chi connectivity index (χ1v) is 6.08. The fourth-order valence-corrected chi connectivity index (χ4v) is 1.87. The third kappa shape index (κ3) is 2.98. The molecule has 0 aliphatic heterocycles. The van der Waals surface area contributed by atoms with Crippen molar-refractivity contribution in [3.05, 3.63) is 52.2 Å². The molecular formula is C12H9BrF2N2O2. The van der Waals surface area contributed by atoms with E-state index in [2.05, 4.69) is 20.9 Å². The van der Waals surface area contributed by atoms with E-state index in [4.69, 9.17) is 4.42 Å². The molecule has 0 saturated carbocycles. The van der Waals surface area contributed by atoms with Gasteiger partial charge >= 0.3 is 0 Å². The van der Waals surface area contributed by atoms with E-state index in [-0.39, 0.29) is 12.1 Å². The van der Waals surface area contributed by atoms with Crippen molar-refractivity contribution in [3.63, 3.8) is 0 Å². The van der Waals surface area contributed by atoms with Crippen molar-refractivity contribution in [1.82, 2.24) is 9.88 Å². The summed E-state index contributed by atoms with van der Waals surface area (Å²) in [5.74, 6) is -2.66. The summed E-state index contributed by atoms with van der Waals surface area (Å²) in [6.07, 6.45) is 1.04. The molecule has 7 heteroatoms. The van der Waals surface area contributed by atoms with Crippen molar-refractivity contribution in [3.8, 4) is 0 Å². The lowest BCUT2D eigenvalue weighted by Crippen LogP contribution is -2.27. The summed E-state index contributed by atoms with van der Waals surface area (Å²) in [6.45, 7) is 0.147. The van der Waals surface area contributed by atoms with Gasteiger partial charge in [0.1, 0.15) is 5.76 Å². The van der Waals surface area contributed by atoms with Crippen molar-refractivity contribution < 1.29 is 18.0 Å². The smallest absolute Gasteiger partial charge is 0.257 e. The van der Waals surface area contributed by atoms with Gasteiger partial charge in [0.15, 0.2) is 10.5 Å². The molecule has 4 nitrogen and oxygen atoms in total. The molecular weight excluding hydrogens is 322 g/mol. The van der Waals surface area contributed by atoms with Gasteiger partial charge in [-0.15, -0.1) is 0 Å². The maximum Gasteiger partial charge on any atom is 0.257 e. The van der Waals surface area contributed by atoms with Crippen LogP contribution in [0.3, 0.4) is 0 Å². The van der Waals surface area contributed by atoms with E-state index in [9.17, 15) is 13.6 Å². The van der Waals surface area contributed by atoms with Gasteiger partial charge in [0, 0.05) is 13.2 Å². The van der Waals surface area contributed by atoms with Crippen molar-refractivity contribution in [1.29, 1.82) is 0 Å². The third-order valence-electron chi connectivity index (χ3n) is 2.45. The van der Waals surface area contributed by atoms with E-state index in [1.165, 1.54) is 11.9 Å². The van der Waals surface area contributed by atoms with Crippen molar-refractivity contribution in [2.24, 2.45) is 0 Å². The van der Waals surface area contributed by atoms with Gasteiger partial charge in [-0.2, -0.15) is 4.39 Å². The normalized spacial score (nSPS) is 10.5. The lowest BCUT2D eigenvalue weighted by atomic mass is 10.2. The van der Waals surface area contributed by atoms with Crippen LogP contribution in [0.5, 0.6) is 0 Å². The number of aromatic nitrogens is 1. The topological polar surface area (TPSA) is 46.3 Å². The summed E-state index contributed by atoms with van der Waals surface area (Å²) in [6, 6.07) is 4.49. The molecule has 19 heavy (non-hydrogen) atoms. The fraction of sp³-hybridized carbons (Fsp3) is 0.167. The molecule has 100 valence electrons. The number of amides is 1. The van der Waals surface area contributed by atoms with Crippen LogP contribution in [0, 0.1) is 11.8 Å². The number of hydrogen-bond acceptors (Lipinski definition) is 3. The molecule has 0 N–H and O–H groups in total. The van der Waals surface area contributed by atoms with Crippen LogP contribution in [0.15, 0.2) is 33.5 Å². The Morgan fingerprint density at radius 1 is 1.42 bits per heavy atom. The predicted molar refractivity (Wildman–Crippen MR) is 66.4 cm³/mol. The summed E-state index contributed by atoms with van der Waals surface area (Å²) < 4.78 is 32.2. The molecule has 2 aromatic heterocycles. The zero-order valence-corrected chi connectivity index (χ0v) is 11.4. The monoisotopic (exact) mass is 330 g/mol. The molecule has 0 fully saturated rings. The van der Waals surface area contributed by atoms with Gasteiger partial charge in [-0.05, 0) is 34.1 Å². The minimum Gasteiger partial charge on any atom is -0.452 e. The number of halogens is 3. The van der Waals surface area contributed by atoms with Crippen LogP contribution in [-0.2, 0) is 6.54 Å². The van der Waals surface area contributed by atoms with E-state index >= 15 is 0 Å². The van der Waals surface area contributed by atoms with Crippen LogP contribution in [0.1, 0.15) is 16.1 Å². The molecule has 0 bridgehead atoms. The summed E-state index contributed by atoms with van der Waals surface area (Å²) >= 11 is 3.14. The average molecular weight is 331 g/mol.